The molecule has 0 aromatic heterocycles. The van der Waals surface area contributed by atoms with Crippen LogP contribution in [0.5, 0.6) is 0 Å². The first-order valence-corrected chi connectivity index (χ1v) is 6.88. The third-order valence-corrected chi connectivity index (χ3v) is 3.38. The maximum absolute atomic E-state index is 3.36. The molecule has 0 amide bonds. The van der Waals surface area contributed by atoms with Crippen LogP contribution in [0.3, 0.4) is 0 Å². The molecule has 2 unspecified atom stereocenters. The van der Waals surface area contributed by atoms with Gasteiger partial charge < -0.3 is 0 Å². The van der Waals surface area contributed by atoms with Crippen LogP contribution in [-0.4, -0.2) is 0 Å². The van der Waals surface area contributed by atoms with Gasteiger partial charge in [-0.3, -0.25) is 0 Å². The molecule has 0 aliphatic heterocycles. The first-order valence-electron chi connectivity index (χ1n) is 6.88. The third-order valence-electron chi connectivity index (χ3n) is 3.38. The molecule has 0 heterocycles. The van der Waals surface area contributed by atoms with Crippen molar-refractivity contribution in [2.75, 3.05) is 0 Å². The van der Waals surface area contributed by atoms with E-state index in [2.05, 4.69) is 59.4 Å². The fourth-order valence-electron chi connectivity index (χ4n) is 1.61. The Balaban J connectivity index is 4.14. The normalized spacial score (nSPS) is 14.8. The van der Waals surface area contributed by atoms with Gasteiger partial charge in [0.05, 0.1) is 0 Å². The largest absolute Gasteiger partial charge is 0.129 e. The lowest BCUT2D eigenvalue weighted by atomic mass is 9.86. The van der Waals surface area contributed by atoms with Crippen molar-refractivity contribution in [2.24, 2.45) is 23.7 Å². The van der Waals surface area contributed by atoms with Crippen LogP contribution in [-0.2, 0) is 0 Å². The highest BCUT2D eigenvalue weighted by atomic mass is 14.2. The second-order valence-corrected chi connectivity index (χ2v) is 5.79. The Labute approximate surface area is 103 Å². The first kappa shape index (κ1) is 15.5. The van der Waals surface area contributed by atoms with E-state index in [0.29, 0.717) is 5.92 Å². The Morgan fingerprint density at radius 1 is 1.06 bits per heavy atom. The van der Waals surface area contributed by atoms with E-state index in [1.807, 2.05) is 0 Å². The van der Waals surface area contributed by atoms with E-state index in [1.165, 1.54) is 12.8 Å². The molecule has 0 nitrogen and oxygen atoms in total. The minimum Gasteiger partial charge on any atom is -0.129 e. The van der Waals surface area contributed by atoms with Crippen molar-refractivity contribution in [3.05, 3.63) is 17.9 Å². The van der Waals surface area contributed by atoms with Gasteiger partial charge in [0, 0.05) is 0 Å². The molecule has 0 spiro atoms. The van der Waals surface area contributed by atoms with Gasteiger partial charge in [-0.2, -0.15) is 0 Å². The zero-order valence-electron chi connectivity index (χ0n) is 12.1. The molecule has 0 heteroatoms. The predicted molar refractivity (Wildman–Crippen MR) is 74.5 cm³/mol. The van der Waals surface area contributed by atoms with Crippen LogP contribution < -0.4 is 0 Å². The lowest BCUT2D eigenvalue weighted by Crippen LogP contribution is -2.09. The molecule has 16 heavy (non-hydrogen) atoms. The van der Waals surface area contributed by atoms with E-state index in [9.17, 15) is 0 Å². The summed E-state index contributed by atoms with van der Waals surface area (Å²) in [5.74, 6) is 3.06. The van der Waals surface area contributed by atoms with Crippen LogP contribution in [0.4, 0.5) is 0 Å². The maximum Gasteiger partial charge on any atom is -0.0158 e. The Kier molecular flexibility index (Phi) is 8.39. The summed E-state index contributed by atoms with van der Waals surface area (Å²) in [6.45, 7) is 13.8. The van der Waals surface area contributed by atoms with Gasteiger partial charge in [-0.1, -0.05) is 41.5 Å². The van der Waals surface area contributed by atoms with Crippen LogP contribution in [0, 0.1) is 23.7 Å². The van der Waals surface area contributed by atoms with Crippen molar-refractivity contribution in [3.8, 4) is 0 Å². The third kappa shape index (κ3) is 7.77. The molecular formula is C16H30. The van der Waals surface area contributed by atoms with Gasteiger partial charge in [-0.05, 0) is 55.1 Å². The summed E-state index contributed by atoms with van der Waals surface area (Å²) in [4.78, 5) is 0. The van der Waals surface area contributed by atoms with Gasteiger partial charge in [0.2, 0.25) is 0 Å². The van der Waals surface area contributed by atoms with E-state index in [-0.39, 0.29) is 0 Å². The maximum atomic E-state index is 3.36. The van der Waals surface area contributed by atoms with Crippen LogP contribution in [0.1, 0.15) is 60.8 Å². The molecular weight excluding hydrogens is 192 g/mol. The Bertz CT molecular complexity index is 216. The second kappa shape index (κ2) is 8.65. The highest BCUT2D eigenvalue weighted by Crippen LogP contribution is 2.22. The minimum atomic E-state index is 0.709. The van der Waals surface area contributed by atoms with Crippen molar-refractivity contribution in [3.63, 3.8) is 0 Å². The van der Waals surface area contributed by atoms with E-state index < -0.39 is 0 Å². The van der Waals surface area contributed by atoms with Crippen LogP contribution in [0.15, 0.2) is 17.9 Å². The Hall–Kier alpha value is -0.480. The van der Waals surface area contributed by atoms with Gasteiger partial charge in [0.1, 0.15) is 0 Å². The molecule has 0 bridgehead atoms. The summed E-state index contributed by atoms with van der Waals surface area (Å²) in [6.07, 6.45) is 8.15. The molecule has 0 rings (SSSR count). The molecule has 0 aromatic rings. The Morgan fingerprint density at radius 3 is 2.12 bits per heavy atom. The van der Waals surface area contributed by atoms with Crippen LogP contribution in [0.2, 0.25) is 0 Å². The molecule has 0 aliphatic carbocycles. The fraction of sp³-hybridized carbons (Fsp3) is 0.812. The molecule has 0 aliphatic rings. The van der Waals surface area contributed by atoms with Crippen LogP contribution >= 0.6 is 0 Å². The quantitative estimate of drug-likeness (QED) is 0.502. The van der Waals surface area contributed by atoms with Gasteiger partial charge >= 0.3 is 0 Å². The zero-order valence-corrected chi connectivity index (χ0v) is 12.1. The number of allylic oxidation sites excluding steroid dienone is 1. The Morgan fingerprint density at radius 2 is 1.69 bits per heavy atom. The molecule has 0 radical (unpaired) electrons. The summed E-state index contributed by atoms with van der Waals surface area (Å²) < 4.78 is 0. The lowest BCUT2D eigenvalue weighted by molar-refractivity contribution is 0.344. The summed E-state index contributed by atoms with van der Waals surface area (Å²) in [5, 5.41) is 0. The van der Waals surface area contributed by atoms with Crippen molar-refractivity contribution in [2.45, 2.75) is 60.8 Å². The summed E-state index contributed by atoms with van der Waals surface area (Å²) in [6, 6.07) is 0. The molecule has 94 valence electrons. The summed E-state index contributed by atoms with van der Waals surface area (Å²) >= 11 is 0. The zero-order chi connectivity index (χ0) is 12.6. The summed E-state index contributed by atoms with van der Waals surface area (Å²) in [5.41, 5.74) is 3.36. The molecule has 2 atom stereocenters. The van der Waals surface area contributed by atoms with Crippen molar-refractivity contribution < 1.29 is 0 Å². The molecule has 0 N–H and O–H groups in total. The minimum absolute atomic E-state index is 0.709. The fourth-order valence-corrected chi connectivity index (χ4v) is 1.61. The van der Waals surface area contributed by atoms with Crippen molar-refractivity contribution in [1.29, 1.82) is 0 Å². The smallest absolute Gasteiger partial charge is 0.0158 e. The number of hydrogen-bond acceptors (Lipinski definition) is 0. The first-order chi connectivity index (χ1) is 7.47. The SMILES string of the molecule is CCC(C=C=CCC(C)C)CC(C)C(C)C. The van der Waals surface area contributed by atoms with Gasteiger partial charge in [0.25, 0.3) is 0 Å². The van der Waals surface area contributed by atoms with Gasteiger partial charge in [0.15, 0.2) is 0 Å². The highest BCUT2D eigenvalue weighted by molar-refractivity contribution is 4.90. The second-order valence-electron chi connectivity index (χ2n) is 5.79. The lowest BCUT2D eigenvalue weighted by Gasteiger charge is -2.19. The average molecular weight is 222 g/mol. The van der Waals surface area contributed by atoms with Crippen molar-refractivity contribution >= 4 is 0 Å². The molecule has 0 aromatic carbocycles. The molecule has 0 fully saturated rings. The standard InChI is InChI=1S/C16H30/c1-7-16(12-15(6)14(4)5)11-9-8-10-13(2)3/h8,11,13-16H,7,10,12H2,1-6H3. The average Bonchev–Trinajstić information content (AvgIpc) is 2.21. The van der Waals surface area contributed by atoms with Gasteiger partial charge in [-0.25, -0.2) is 0 Å². The molecule has 0 saturated carbocycles. The molecule has 0 saturated heterocycles. The highest BCUT2D eigenvalue weighted by Gasteiger charge is 2.11. The predicted octanol–water partition coefficient (Wildman–Crippen LogP) is 5.45. The number of rotatable bonds is 7. The van der Waals surface area contributed by atoms with Crippen LogP contribution in [0.25, 0.3) is 0 Å². The van der Waals surface area contributed by atoms with E-state index in [0.717, 1.165) is 24.2 Å². The van der Waals surface area contributed by atoms with E-state index in [1.54, 1.807) is 0 Å². The number of hydrogen-bond donors (Lipinski definition) is 0. The summed E-state index contributed by atoms with van der Waals surface area (Å²) in [7, 11) is 0. The van der Waals surface area contributed by atoms with E-state index in [4.69, 9.17) is 0 Å². The van der Waals surface area contributed by atoms with E-state index >= 15 is 0 Å². The topological polar surface area (TPSA) is 0 Å². The van der Waals surface area contributed by atoms with Crippen molar-refractivity contribution in [1.82, 2.24) is 0 Å². The monoisotopic (exact) mass is 222 g/mol. The van der Waals surface area contributed by atoms with Gasteiger partial charge in [-0.15, -0.1) is 5.73 Å².